The number of benzene rings is 2. The van der Waals surface area contributed by atoms with Crippen molar-refractivity contribution in [3.8, 4) is 5.75 Å². The minimum atomic E-state index is 0.0323. The number of hydrogen-bond acceptors (Lipinski definition) is 3. The smallest absolute Gasteiger partial charge is 0.230 e. The van der Waals surface area contributed by atoms with Gasteiger partial charge in [-0.1, -0.05) is 41.4 Å². The van der Waals surface area contributed by atoms with Crippen molar-refractivity contribution in [3.05, 3.63) is 63.6 Å². The van der Waals surface area contributed by atoms with E-state index in [0.29, 0.717) is 34.7 Å². The van der Waals surface area contributed by atoms with E-state index in [4.69, 9.17) is 27.9 Å². The van der Waals surface area contributed by atoms with Crippen LogP contribution in [0.15, 0.2) is 42.5 Å². The molecule has 0 bridgehead atoms. The van der Waals surface area contributed by atoms with Crippen molar-refractivity contribution in [1.82, 2.24) is 5.32 Å². The molecule has 26 heavy (non-hydrogen) atoms. The molecule has 2 aromatic rings. The highest BCUT2D eigenvalue weighted by atomic mass is 35.5. The lowest BCUT2D eigenvalue weighted by molar-refractivity contribution is -0.118. The summed E-state index contributed by atoms with van der Waals surface area (Å²) < 4.78 is 5.43. The second-order valence-electron chi connectivity index (χ2n) is 5.72. The Morgan fingerprint density at radius 2 is 1.81 bits per heavy atom. The van der Waals surface area contributed by atoms with E-state index in [2.05, 4.69) is 17.4 Å². The van der Waals surface area contributed by atoms with Crippen LogP contribution in [0.2, 0.25) is 10.0 Å². The van der Waals surface area contributed by atoms with Gasteiger partial charge in [0.25, 0.3) is 0 Å². The molecular weight excluding hydrogens is 389 g/mol. The van der Waals surface area contributed by atoms with Crippen LogP contribution in [0.5, 0.6) is 5.75 Å². The molecule has 0 aliphatic carbocycles. The van der Waals surface area contributed by atoms with E-state index < -0.39 is 0 Å². The molecule has 3 nitrogen and oxygen atoms in total. The molecule has 0 radical (unpaired) electrons. The molecule has 0 aliphatic rings. The lowest BCUT2D eigenvalue weighted by atomic mass is 10.1. The van der Waals surface area contributed by atoms with Gasteiger partial charge in [-0.25, -0.2) is 0 Å². The van der Waals surface area contributed by atoms with Gasteiger partial charge in [0.2, 0.25) is 5.91 Å². The van der Waals surface area contributed by atoms with E-state index in [-0.39, 0.29) is 5.91 Å². The molecule has 0 unspecified atom stereocenters. The van der Waals surface area contributed by atoms with E-state index in [1.807, 2.05) is 37.3 Å². The van der Waals surface area contributed by atoms with Crippen LogP contribution in [-0.4, -0.2) is 24.8 Å². The molecule has 0 atom stereocenters. The molecule has 0 heterocycles. The van der Waals surface area contributed by atoms with Gasteiger partial charge in [0.1, 0.15) is 5.75 Å². The summed E-state index contributed by atoms with van der Waals surface area (Å²) in [5.74, 6) is 1.94. The summed E-state index contributed by atoms with van der Waals surface area (Å²) in [5.41, 5.74) is 2.12. The Hall–Kier alpha value is -1.36. The Morgan fingerprint density at radius 3 is 2.46 bits per heavy atom. The number of rotatable bonds is 10. The lowest BCUT2D eigenvalue weighted by Gasteiger charge is -2.08. The van der Waals surface area contributed by atoms with Crippen LogP contribution in [0.4, 0.5) is 0 Å². The topological polar surface area (TPSA) is 38.3 Å². The summed E-state index contributed by atoms with van der Waals surface area (Å²) in [6.45, 7) is 3.31. The summed E-state index contributed by atoms with van der Waals surface area (Å²) in [7, 11) is 0. The Kier molecular flexibility index (Phi) is 9.16. The summed E-state index contributed by atoms with van der Waals surface area (Å²) in [5, 5.41) is 4.23. The Labute approximate surface area is 169 Å². The monoisotopic (exact) mass is 411 g/mol. The molecule has 6 heteroatoms. The molecule has 0 aliphatic heterocycles. The number of carbonyl (C=O) groups is 1. The van der Waals surface area contributed by atoms with E-state index in [1.165, 1.54) is 17.3 Å². The molecule has 0 aromatic heterocycles. The van der Waals surface area contributed by atoms with Gasteiger partial charge in [-0.3, -0.25) is 4.79 Å². The van der Waals surface area contributed by atoms with Crippen molar-refractivity contribution < 1.29 is 9.53 Å². The fourth-order valence-electron chi connectivity index (χ4n) is 2.41. The maximum absolute atomic E-state index is 11.9. The molecule has 2 aromatic carbocycles. The number of thioether (sulfide) groups is 1. The van der Waals surface area contributed by atoms with Gasteiger partial charge >= 0.3 is 0 Å². The summed E-state index contributed by atoms with van der Waals surface area (Å²) in [6.07, 6.45) is 1.83. The minimum absolute atomic E-state index is 0.0323. The molecule has 2 rings (SSSR count). The normalized spacial score (nSPS) is 10.6. The Bertz CT molecular complexity index is 687. The summed E-state index contributed by atoms with van der Waals surface area (Å²) >= 11 is 13.8. The molecule has 0 saturated heterocycles. The fraction of sp³-hybridized carbons (Fsp3) is 0.350. The van der Waals surface area contributed by atoms with E-state index in [1.54, 1.807) is 0 Å². The molecular formula is C20H23Cl2NO2S. The number of halogens is 2. The second kappa shape index (κ2) is 11.4. The maximum Gasteiger partial charge on any atom is 0.230 e. The zero-order valence-electron chi connectivity index (χ0n) is 14.8. The van der Waals surface area contributed by atoms with Crippen molar-refractivity contribution in [2.75, 3.05) is 18.9 Å². The van der Waals surface area contributed by atoms with Crippen molar-refractivity contribution in [2.45, 2.75) is 25.5 Å². The first-order chi connectivity index (χ1) is 12.6. The zero-order chi connectivity index (χ0) is 18.8. The van der Waals surface area contributed by atoms with Crippen LogP contribution in [0.1, 0.15) is 24.5 Å². The standard InChI is InChI=1S/C20H23Cl2NO2S/c1-2-25-16-10-8-15(9-11-16)5-4-12-23-20(24)14-26-13-17-18(21)6-3-7-19(17)22/h3,6-11H,2,4-5,12-14H2,1H3,(H,23,24). The van der Waals surface area contributed by atoms with Crippen molar-refractivity contribution in [2.24, 2.45) is 0 Å². The Morgan fingerprint density at radius 1 is 1.12 bits per heavy atom. The van der Waals surface area contributed by atoms with Crippen LogP contribution in [0.3, 0.4) is 0 Å². The number of amides is 1. The zero-order valence-corrected chi connectivity index (χ0v) is 17.1. The van der Waals surface area contributed by atoms with Gasteiger partial charge in [0.05, 0.1) is 12.4 Å². The SMILES string of the molecule is CCOc1ccc(CCCNC(=O)CSCc2c(Cl)cccc2Cl)cc1. The quantitative estimate of drug-likeness (QED) is 0.533. The average Bonchev–Trinajstić information content (AvgIpc) is 2.63. The number of nitrogens with one attached hydrogen (secondary N) is 1. The van der Waals surface area contributed by atoms with Crippen molar-refractivity contribution >= 4 is 40.9 Å². The number of hydrogen-bond donors (Lipinski definition) is 1. The maximum atomic E-state index is 11.9. The third kappa shape index (κ3) is 7.10. The summed E-state index contributed by atoms with van der Waals surface area (Å²) in [4.78, 5) is 11.9. The highest BCUT2D eigenvalue weighted by Crippen LogP contribution is 2.28. The van der Waals surface area contributed by atoms with E-state index in [9.17, 15) is 4.79 Å². The van der Waals surface area contributed by atoms with E-state index >= 15 is 0 Å². The molecule has 0 saturated carbocycles. The van der Waals surface area contributed by atoms with Crippen LogP contribution in [0.25, 0.3) is 0 Å². The van der Waals surface area contributed by atoms with Gasteiger partial charge in [-0.2, -0.15) is 0 Å². The highest BCUT2D eigenvalue weighted by molar-refractivity contribution is 7.99. The fourth-order valence-corrected chi connectivity index (χ4v) is 4.00. The number of ether oxygens (including phenoxy) is 1. The molecule has 0 spiro atoms. The molecule has 1 amide bonds. The predicted molar refractivity (Wildman–Crippen MR) is 112 cm³/mol. The first kappa shape index (κ1) is 20.9. The first-order valence-corrected chi connectivity index (χ1v) is 10.5. The molecule has 140 valence electrons. The van der Waals surface area contributed by atoms with Gasteiger partial charge < -0.3 is 10.1 Å². The van der Waals surface area contributed by atoms with Crippen LogP contribution in [-0.2, 0) is 17.0 Å². The minimum Gasteiger partial charge on any atom is -0.494 e. The van der Waals surface area contributed by atoms with Crippen LogP contribution in [0, 0.1) is 0 Å². The first-order valence-electron chi connectivity index (χ1n) is 8.59. The lowest BCUT2D eigenvalue weighted by Crippen LogP contribution is -2.26. The number of carbonyl (C=O) groups excluding carboxylic acids is 1. The molecule has 1 N–H and O–H groups in total. The van der Waals surface area contributed by atoms with Gasteiger partial charge in [-0.15, -0.1) is 11.8 Å². The third-order valence-electron chi connectivity index (χ3n) is 3.74. The molecule has 0 fully saturated rings. The van der Waals surface area contributed by atoms with Crippen molar-refractivity contribution in [1.29, 1.82) is 0 Å². The highest BCUT2D eigenvalue weighted by Gasteiger charge is 2.07. The van der Waals surface area contributed by atoms with Gasteiger partial charge in [0.15, 0.2) is 0 Å². The van der Waals surface area contributed by atoms with Crippen molar-refractivity contribution in [3.63, 3.8) is 0 Å². The average molecular weight is 412 g/mol. The van der Waals surface area contributed by atoms with Gasteiger partial charge in [0, 0.05) is 22.3 Å². The second-order valence-corrected chi connectivity index (χ2v) is 7.52. The number of aryl methyl sites for hydroxylation is 1. The van der Waals surface area contributed by atoms with E-state index in [0.717, 1.165) is 24.2 Å². The van der Waals surface area contributed by atoms with Crippen LogP contribution >= 0.6 is 35.0 Å². The summed E-state index contributed by atoms with van der Waals surface area (Å²) in [6, 6.07) is 13.5. The van der Waals surface area contributed by atoms with Gasteiger partial charge in [-0.05, 0) is 55.2 Å². The third-order valence-corrected chi connectivity index (χ3v) is 5.41. The largest absolute Gasteiger partial charge is 0.494 e. The Balaban J connectivity index is 1.61. The predicted octanol–water partition coefficient (Wildman–Crippen LogP) is 5.37. The van der Waals surface area contributed by atoms with Crippen LogP contribution < -0.4 is 10.1 Å².